The number of carbonyl (C=O) groups excluding carboxylic acids is 2. The Bertz CT molecular complexity index is 6830. The number of ketones is 1. The second kappa shape index (κ2) is 39.8. The number of aromatic nitrogens is 19. The number of esters is 1. The lowest BCUT2D eigenvalue weighted by Crippen LogP contribution is -2.08. The Balaban J connectivity index is 0.000000112. The van der Waals surface area contributed by atoms with Crippen molar-refractivity contribution in [2.75, 3.05) is 32.9 Å². The van der Waals surface area contributed by atoms with Crippen molar-refractivity contribution in [2.24, 2.45) is 20.0 Å². The van der Waals surface area contributed by atoms with E-state index in [9.17, 15) is 9.59 Å². The molecule has 0 atom stereocenters. The molecule has 636 valence electrons. The van der Waals surface area contributed by atoms with E-state index in [1.165, 1.54) is 35.4 Å². The lowest BCUT2D eigenvalue weighted by atomic mass is 10.1. The van der Waals surface area contributed by atoms with Gasteiger partial charge in [0.15, 0.2) is 23.9 Å². The molecule has 37 heteroatoms. The van der Waals surface area contributed by atoms with Crippen LogP contribution in [0.2, 0.25) is 0 Å². The zero-order valence-electron chi connectivity index (χ0n) is 69.1. The number of aliphatic imine (C=N–C) groups is 4. The predicted octanol–water partition coefficient (Wildman–Crippen LogP) is 20.9. The fourth-order valence-corrected chi connectivity index (χ4v) is 21.2. The number of hydrogen-bond donors (Lipinski definition) is 2. The largest absolute Gasteiger partial charge is 0.477 e. The van der Waals surface area contributed by atoms with Crippen LogP contribution >= 0.6 is 95.3 Å². The lowest BCUT2D eigenvalue weighted by molar-refractivity contribution is -0.142. The number of halogens is 1. The molecule has 29 nitrogen and oxygen atoms in total. The minimum atomic E-state index is -0.295. The van der Waals surface area contributed by atoms with E-state index in [0.29, 0.717) is 80.7 Å². The quantitative estimate of drug-likeness (QED) is 0.0531. The van der Waals surface area contributed by atoms with Crippen molar-refractivity contribution in [3.63, 3.8) is 0 Å². The fourth-order valence-electron chi connectivity index (χ4n) is 13.7. The van der Waals surface area contributed by atoms with Gasteiger partial charge in [-0.2, -0.15) is 15.3 Å². The molecular formula is C90H76BrN23O6S7. The van der Waals surface area contributed by atoms with Gasteiger partial charge in [-0.25, -0.2) is 63.9 Å². The zero-order valence-corrected chi connectivity index (χ0v) is 76.4. The average molecular weight is 1880 g/mol. The molecule has 3 aromatic carbocycles. The van der Waals surface area contributed by atoms with Crippen LogP contribution in [0.15, 0.2) is 229 Å². The van der Waals surface area contributed by atoms with E-state index >= 15 is 0 Å². The van der Waals surface area contributed by atoms with Gasteiger partial charge < -0.3 is 23.6 Å². The minimum Gasteiger partial charge on any atom is -0.477 e. The van der Waals surface area contributed by atoms with Gasteiger partial charge in [-0.15, -0.1) is 79.4 Å². The first-order valence-corrected chi connectivity index (χ1v) is 46.8. The van der Waals surface area contributed by atoms with E-state index < -0.39 is 0 Å². The molecule has 2 N–H and O–H groups in total. The highest BCUT2D eigenvalue weighted by Gasteiger charge is 2.28. The number of ether oxygens (including phenoxy) is 3. The molecule has 18 heterocycles. The Morgan fingerprint density at radius 1 is 0.528 bits per heavy atom. The van der Waals surface area contributed by atoms with E-state index in [2.05, 4.69) is 142 Å². The van der Waals surface area contributed by atoms with Gasteiger partial charge in [0.1, 0.15) is 85.7 Å². The van der Waals surface area contributed by atoms with Crippen molar-refractivity contribution in [3.05, 3.63) is 243 Å². The maximum atomic E-state index is 11.9. The van der Waals surface area contributed by atoms with Crippen molar-refractivity contribution >= 4 is 146 Å². The van der Waals surface area contributed by atoms with Crippen LogP contribution in [0.1, 0.15) is 78.8 Å². The summed E-state index contributed by atoms with van der Waals surface area (Å²) < 4.78 is 28.3. The van der Waals surface area contributed by atoms with Gasteiger partial charge in [0, 0.05) is 117 Å². The van der Waals surface area contributed by atoms with Crippen LogP contribution in [0.3, 0.4) is 0 Å². The number of fused-ring (bicyclic) bond motifs is 3. The third-order valence-electron chi connectivity index (χ3n) is 19.2. The van der Waals surface area contributed by atoms with Crippen LogP contribution in [0.5, 0.6) is 11.8 Å². The Morgan fingerprint density at radius 2 is 1.06 bits per heavy atom. The molecule has 0 amide bonds. The number of imidazole rings is 2. The second-order valence-corrected chi connectivity index (χ2v) is 35.5. The SMILES string of the molecule is CCCC(=O)Cc1cc(-c2nc(OCC)c(C3=NCC=N3)s2)ccn1.CCOC(=O)Cc1cc(-c2nc(OCC)c(C3=NCC=N3)s2)ccn1.Cc1nc2ccc(Br)cn2c1-c1nc(-c2ccccc2)c(-c2ncn[nH]2)s1.Cc1nn2ccsc2c1-c1nc(-c2ccccc2)c(-c2cocn2)s1.Cc1nn2ccsc2c1-c1nc(-c2ccccc2)c(-c2ncc[nH]2)s1. The van der Waals surface area contributed by atoms with Gasteiger partial charge in [0.25, 0.3) is 0 Å². The van der Waals surface area contributed by atoms with Crippen molar-refractivity contribution in [2.45, 2.75) is 74.1 Å². The number of aromatic amines is 2. The van der Waals surface area contributed by atoms with E-state index in [-0.39, 0.29) is 18.2 Å². The summed E-state index contributed by atoms with van der Waals surface area (Å²) in [6, 6.07) is 42.0. The molecule has 16 aromatic heterocycles. The minimum absolute atomic E-state index is 0.134. The van der Waals surface area contributed by atoms with Crippen LogP contribution in [-0.2, 0) is 27.2 Å². The molecule has 0 aliphatic carbocycles. The average Bonchev–Trinajstić information content (AvgIpc) is 1.61. The normalized spacial score (nSPS) is 12.0. The molecule has 0 unspecified atom stereocenters. The Hall–Kier alpha value is -13.4. The summed E-state index contributed by atoms with van der Waals surface area (Å²) in [6.07, 6.45) is 23.0. The van der Waals surface area contributed by atoms with Crippen molar-refractivity contribution < 1.29 is 28.2 Å². The molecule has 0 spiro atoms. The number of aryl methyl sites for hydroxylation is 3. The number of H-pyrrole nitrogens is 2. The highest BCUT2D eigenvalue weighted by Crippen LogP contribution is 2.46. The smallest absolute Gasteiger partial charge is 0.311 e. The summed E-state index contributed by atoms with van der Waals surface area (Å²) >= 11 is 14.7. The summed E-state index contributed by atoms with van der Waals surface area (Å²) in [7, 11) is 0. The number of nitrogens with one attached hydrogen (secondary N) is 2. The summed E-state index contributed by atoms with van der Waals surface area (Å²) in [5, 5.41) is 24.6. The number of Topliss-reactive ketones (excluding diaryl/α,β-unsaturated/α-hetero) is 1. The molecule has 0 saturated carbocycles. The molecule has 19 aromatic rings. The Labute approximate surface area is 762 Å². The van der Waals surface area contributed by atoms with Crippen molar-refractivity contribution in [1.82, 2.24) is 93.6 Å². The van der Waals surface area contributed by atoms with Crippen LogP contribution < -0.4 is 9.47 Å². The van der Waals surface area contributed by atoms with E-state index in [0.717, 1.165) is 172 Å². The number of pyridine rings is 3. The number of nitrogens with zero attached hydrogens (tertiary/aromatic N) is 21. The summed E-state index contributed by atoms with van der Waals surface area (Å²) in [6.45, 7) is 16.2. The first-order chi connectivity index (χ1) is 62.2. The monoisotopic (exact) mass is 1880 g/mol. The van der Waals surface area contributed by atoms with Gasteiger partial charge in [-0.1, -0.05) is 97.9 Å². The molecule has 0 bridgehead atoms. The van der Waals surface area contributed by atoms with E-state index in [4.69, 9.17) is 33.6 Å². The third kappa shape index (κ3) is 19.4. The summed E-state index contributed by atoms with van der Waals surface area (Å²) in [4.78, 5) is 101. The highest BCUT2D eigenvalue weighted by atomic mass is 79.9. The van der Waals surface area contributed by atoms with Crippen LogP contribution in [0.4, 0.5) is 0 Å². The van der Waals surface area contributed by atoms with E-state index in [1.807, 2.05) is 177 Å². The number of hydrogen-bond acceptors (Lipinski definition) is 31. The summed E-state index contributed by atoms with van der Waals surface area (Å²) in [5.74, 6) is 3.87. The molecule has 21 rings (SSSR count). The predicted molar refractivity (Wildman–Crippen MR) is 508 cm³/mol. The molecule has 0 fully saturated rings. The Morgan fingerprint density at radius 3 is 1.57 bits per heavy atom. The van der Waals surface area contributed by atoms with Gasteiger partial charge in [0.05, 0.1) is 105 Å². The first-order valence-electron chi connectivity index (χ1n) is 40.2. The standard InChI is InChI=1S/C19H13BrN6S.C18H13N5S2.C18H20N4O2S.C18H12N4OS2.C17H18N4O3S/c1-11-16(26-9-13(20)7-8-14(26)23-11)19-24-15(12-5-3-2-4-6-12)17(27-19)18-21-10-22-25-18;1-11-13(18-23(22-11)9-10-24-18)17-21-14(12-5-3-2-4-6-12)15(25-17)16-19-7-8-20-16;1-3-5-14(23)11-13-10-12(6-7-19-13)18-22-17(24-4-2)15(25-18)16-20-8-9-21-16;1-11-14(18-22(21-11)7-8-24-18)17-20-15(12-5-3-2-4-6-12)16(25-17)13-9-23-10-19-13;1-3-23-13(22)10-12-9-11(5-6-18-12)17-21-16(24-4-2)14(25-17)15-19-7-8-20-15/h2-10H,1H3,(H,21,22,25);2-10H,1H3,(H,19,20);6-8,10H,3-5,9,11H2,1-2H3;2-10H,1H3;5-7,9H,3-4,8,10H2,1-2H3. The maximum Gasteiger partial charge on any atom is 0.311 e. The number of rotatable bonds is 24. The van der Waals surface area contributed by atoms with E-state index in [1.54, 1.807) is 101 Å². The molecule has 127 heavy (non-hydrogen) atoms. The second-order valence-electron chi connectivity index (χ2n) is 27.8. The zero-order chi connectivity index (χ0) is 87.3. The molecular weight excluding hydrogens is 1800 g/mol. The molecule has 2 aliphatic heterocycles. The molecule has 2 aliphatic rings. The fraction of sp³-hybridized carbons (Fsp3) is 0.178. The van der Waals surface area contributed by atoms with Gasteiger partial charge in [-0.3, -0.25) is 39.0 Å². The highest BCUT2D eigenvalue weighted by molar-refractivity contribution is 9.10. The number of thiazole rings is 7. The molecule has 0 radical (unpaired) electrons. The van der Waals surface area contributed by atoms with Gasteiger partial charge in [-0.05, 0) is 100 Å². The van der Waals surface area contributed by atoms with Crippen LogP contribution in [-0.4, -0.2) is 162 Å². The third-order valence-corrected chi connectivity index (χ3v) is 26.8. The molecule has 0 saturated heterocycles. The number of oxazole rings is 1. The topological polar surface area (TPSA) is 350 Å². The van der Waals surface area contributed by atoms with Crippen molar-refractivity contribution in [1.29, 1.82) is 0 Å². The van der Waals surface area contributed by atoms with Crippen LogP contribution in [0, 0.1) is 20.8 Å². The Kier molecular flexibility index (Phi) is 26.9. The number of benzene rings is 3. The van der Waals surface area contributed by atoms with Crippen LogP contribution in [0.25, 0.3) is 134 Å². The van der Waals surface area contributed by atoms with Gasteiger partial charge in [0.2, 0.25) is 11.8 Å². The number of amidine groups is 2. The maximum absolute atomic E-state index is 11.9. The number of carbonyl (C=O) groups is 2. The first kappa shape index (κ1) is 85.8. The van der Waals surface area contributed by atoms with Gasteiger partial charge >= 0.3 is 5.97 Å². The van der Waals surface area contributed by atoms with Crippen molar-refractivity contribution in [3.8, 4) is 130 Å². The lowest BCUT2D eigenvalue weighted by Gasteiger charge is -2.03. The summed E-state index contributed by atoms with van der Waals surface area (Å²) in [5.41, 5.74) is 16.9.